The van der Waals surface area contributed by atoms with Gasteiger partial charge in [0.15, 0.2) is 0 Å². The number of rotatable bonds is 5. The van der Waals surface area contributed by atoms with Crippen molar-refractivity contribution >= 4 is 5.69 Å². The molecular formula is C16H17F2NO2. The molecular weight excluding hydrogens is 276 g/mol. The van der Waals surface area contributed by atoms with Gasteiger partial charge in [0.1, 0.15) is 17.4 Å². The second-order valence-electron chi connectivity index (χ2n) is 4.73. The molecule has 0 saturated heterocycles. The molecule has 0 spiro atoms. The van der Waals surface area contributed by atoms with E-state index < -0.39 is 17.7 Å². The molecule has 0 saturated carbocycles. The third-order valence-electron chi connectivity index (χ3n) is 3.21. The van der Waals surface area contributed by atoms with Crippen molar-refractivity contribution in [1.82, 2.24) is 0 Å². The Morgan fingerprint density at radius 2 is 1.86 bits per heavy atom. The third kappa shape index (κ3) is 3.49. The quantitative estimate of drug-likeness (QED) is 0.884. The van der Waals surface area contributed by atoms with E-state index in [4.69, 9.17) is 9.84 Å². The largest absolute Gasteiger partial charge is 0.497 e. The number of methoxy groups -OCH3 is 1. The Bertz CT molecular complexity index is 608. The van der Waals surface area contributed by atoms with Crippen LogP contribution in [0.25, 0.3) is 0 Å². The average molecular weight is 293 g/mol. The number of hydrogen-bond acceptors (Lipinski definition) is 3. The van der Waals surface area contributed by atoms with Gasteiger partial charge in [-0.25, -0.2) is 8.78 Å². The molecule has 2 aromatic rings. The second kappa shape index (κ2) is 6.54. The van der Waals surface area contributed by atoms with Crippen molar-refractivity contribution in [1.29, 1.82) is 0 Å². The van der Waals surface area contributed by atoms with Gasteiger partial charge in [0.2, 0.25) is 0 Å². The highest BCUT2D eigenvalue weighted by molar-refractivity contribution is 5.48. The predicted octanol–water partition coefficient (Wildman–Crippen LogP) is 3.64. The second-order valence-corrected chi connectivity index (χ2v) is 4.73. The number of anilines is 1. The lowest BCUT2D eigenvalue weighted by Crippen LogP contribution is -2.11. The van der Waals surface area contributed by atoms with Gasteiger partial charge < -0.3 is 15.2 Å². The maximum Gasteiger partial charge on any atom is 0.135 e. The zero-order valence-electron chi connectivity index (χ0n) is 11.9. The number of aliphatic hydroxyl groups is 1. The van der Waals surface area contributed by atoms with E-state index in [1.807, 2.05) is 0 Å². The van der Waals surface area contributed by atoms with Crippen LogP contribution in [0, 0.1) is 11.6 Å². The molecule has 0 unspecified atom stereocenters. The van der Waals surface area contributed by atoms with E-state index >= 15 is 0 Å². The minimum atomic E-state index is -0.662. The number of nitrogens with one attached hydrogen (secondary N) is 1. The maximum absolute atomic E-state index is 14.0. The Labute approximate surface area is 122 Å². The summed E-state index contributed by atoms with van der Waals surface area (Å²) in [7, 11) is 1.36. The molecule has 112 valence electrons. The molecule has 0 amide bonds. The minimum absolute atomic E-state index is 0.0507. The van der Waals surface area contributed by atoms with Gasteiger partial charge in [-0.15, -0.1) is 0 Å². The van der Waals surface area contributed by atoms with Gasteiger partial charge in [0, 0.05) is 23.4 Å². The van der Waals surface area contributed by atoms with Crippen LogP contribution in [0.15, 0.2) is 36.4 Å². The zero-order chi connectivity index (χ0) is 15.4. The standard InChI is InChI=1S/C16H17F2NO2/c1-10(19-12-5-3-4-11(6-12)9-20)16-14(17)7-13(21-2)8-15(16)18/h3-8,10,19-20H,9H2,1-2H3/t10-/m0/s1. The van der Waals surface area contributed by atoms with Crippen molar-refractivity contribution in [2.24, 2.45) is 0 Å². The van der Waals surface area contributed by atoms with Crippen molar-refractivity contribution < 1.29 is 18.6 Å². The summed E-state index contributed by atoms with van der Waals surface area (Å²) in [6, 6.07) is 8.78. The summed E-state index contributed by atoms with van der Waals surface area (Å²) in [5, 5.41) is 12.1. The SMILES string of the molecule is COc1cc(F)c([C@H](C)Nc2cccc(CO)c2)c(F)c1. The van der Waals surface area contributed by atoms with Crippen LogP contribution in [-0.4, -0.2) is 12.2 Å². The van der Waals surface area contributed by atoms with Crippen molar-refractivity contribution in [3.63, 3.8) is 0 Å². The van der Waals surface area contributed by atoms with Crippen LogP contribution in [0.4, 0.5) is 14.5 Å². The van der Waals surface area contributed by atoms with Crippen LogP contribution < -0.4 is 10.1 Å². The zero-order valence-corrected chi connectivity index (χ0v) is 11.9. The average Bonchev–Trinajstić information content (AvgIpc) is 2.46. The first-order valence-electron chi connectivity index (χ1n) is 6.54. The summed E-state index contributed by atoms with van der Waals surface area (Å²) in [5.74, 6) is -1.18. The molecule has 0 heterocycles. The van der Waals surface area contributed by atoms with Crippen LogP contribution in [0.3, 0.4) is 0 Å². The highest BCUT2D eigenvalue weighted by Gasteiger charge is 2.18. The first-order valence-corrected chi connectivity index (χ1v) is 6.54. The number of ether oxygens (including phenoxy) is 1. The summed E-state index contributed by atoms with van der Waals surface area (Å²) in [4.78, 5) is 0. The normalized spacial score (nSPS) is 12.0. The maximum atomic E-state index is 14.0. The molecule has 1 atom stereocenters. The van der Waals surface area contributed by atoms with Crippen LogP contribution in [0.2, 0.25) is 0 Å². The van der Waals surface area contributed by atoms with Gasteiger partial charge in [0.05, 0.1) is 19.8 Å². The molecule has 2 aromatic carbocycles. The molecule has 0 aliphatic rings. The molecule has 0 aromatic heterocycles. The predicted molar refractivity (Wildman–Crippen MR) is 77.3 cm³/mol. The highest BCUT2D eigenvalue weighted by atomic mass is 19.1. The molecule has 21 heavy (non-hydrogen) atoms. The minimum Gasteiger partial charge on any atom is -0.497 e. The molecule has 0 fully saturated rings. The Morgan fingerprint density at radius 3 is 2.43 bits per heavy atom. The van der Waals surface area contributed by atoms with Crippen molar-refractivity contribution in [3.8, 4) is 5.75 Å². The summed E-state index contributed by atoms with van der Waals surface area (Å²) in [5.41, 5.74) is 1.36. The number of aliphatic hydroxyl groups excluding tert-OH is 1. The van der Waals surface area contributed by atoms with E-state index in [0.717, 1.165) is 17.7 Å². The molecule has 2 N–H and O–H groups in total. The lowest BCUT2D eigenvalue weighted by atomic mass is 10.1. The number of halogens is 2. The highest BCUT2D eigenvalue weighted by Crippen LogP contribution is 2.28. The first kappa shape index (κ1) is 15.3. The Morgan fingerprint density at radius 1 is 1.19 bits per heavy atom. The fraction of sp³-hybridized carbons (Fsp3) is 0.250. The van der Waals surface area contributed by atoms with Gasteiger partial charge in [-0.05, 0) is 24.6 Å². The first-order chi connectivity index (χ1) is 10.0. The number of hydrogen-bond donors (Lipinski definition) is 2. The van der Waals surface area contributed by atoms with Crippen LogP contribution in [0.1, 0.15) is 24.1 Å². The van der Waals surface area contributed by atoms with Gasteiger partial charge >= 0.3 is 0 Å². The van der Waals surface area contributed by atoms with E-state index in [0.29, 0.717) is 5.69 Å². The van der Waals surface area contributed by atoms with E-state index in [-0.39, 0.29) is 17.9 Å². The topological polar surface area (TPSA) is 41.5 Å². The molecule has 0 bridgehead atoms. The van der Waals surface area contributed by atoms with E-state index in [9.17, 15) is 8.78 Å². The molecule has 0 radical (unpaired) electrons. The van der Waals surface area contributed by atoms with Crippen molar-refractivity contribution in [2.45, 2.75) is 19.6 Å². The van der Waals surface area contributed by atoms with Gasteiger partial charge in [-0.3, -0.25) is 0 Å². The summed E-state index contributed by atoms with van der Waals surface area (Å²) in [6.45, 7) is 1.58. The third-order valence-corrected chi connectivity index (χ3v) is 3.21. The number of benzene rings is 2. The molecule has 2 rings (SSSR count). The molecule has 3 nitrogen and oxygen atoms in total. The van der Waals surface area contributed by atoms with E-state index in [1.165, 1.54) is 7.11 Å². The summed E-state index contributed by atoms with van der Waals surface area (Å²) >= 11 is 0. The van der Waals surface area contributed by atoms with Crippen LogP contribution in [0.5, 0.6) is 5.75 Å². The van der Waals surface area contributed by atoms with E-state index in [1.54, 1.807) is 31.2 Å². The molecule has 0 aliphatic carbocycles. The summed E-state index contributed by atoms with van der Waals surface area (Å²) < 4.78 is 32.8. The Hall–Kier alpha value is -2.14. The molecule has 0 aliphatic heterocycles. The van der Waals surface area contributed by atoms with Gasteiger partial charge in [-0.2, -0.15) is 0 Å². The van der Waals surface area contributed by atoms with Crippen molar-refractivity contribution in [3.05, 3.63) is 59.2 Å². The van der Waals surface area contributed by atoms with Crippen molar-refractivity contribution in [2.75, 3.05) is 12.4 Å². The lowest BCUT2D eigenvalue weighted by Gasteiger charge is -2.18. The lowest BCUT2D eigenvalue weighted by molar-refractivity contribution is 0.282. The molecule has 5 heteroatoms. The smallest absolute Gasteiger partial charge is 0.135 e. The van der Waals surface area contributed by atoms with E-state index in [2.05, 4.69) is 5.32 Å². The Kier molecular flexibility index (Phi) is 4.75. The van der Waals surface area contributed by atoms with Gasteiger partial charge in [0.25, 0.3) is 0 Å². The van der Waals surface area contributed by atoms with Crippen LogP contribution >= 0.6 is 0 Å². The fourth-order valence-corrected chi connectivity index (χ4v) is 2.17. The fourth-order valence-electron chi connectivity index (χ4n) is 2.17. The Balaban J connectivity index is 2.25. The van der Waals surface area contributed by atoms with Crippen LogP contribution in [-0.2, 0) is 6.61 Å². The monoisotopic (exact) mass is 293 g/mol. The summed E-state index contributed by atoms with van der Waals surface area (Å²) in [6.07, 6.45) is 0. The van der Waals surface area contributed by atoms with Gasteiger partial charge in [-0.1, -0.05) is 12.1 Å².